The van der Waals surface area contributed by atoms with Crippen LogP contribution in [0.15, 0.2) is 48.5 Å². The van der Waals surface area contributed by atoms with Gasteiger partial charge in [-0.3, -0.25) is 9.69 Å². The molecule has 2 aromatic carbocycles. The maximum absolute atomic E-state index is 13.1. The van der Waals surface area contributed by atoms with Crippen molar-refractivity contribution < 1.29 is 28.6 Å². The standard InChI is InChI=1S/C28H34N4O6/c1-28(2,3)38-27(35)30-12-13-31-22(18-30)19-32(26(31)34)21-6-10-24(11-7-21)37-23-8-4-20(5-9-23)25(33)29-14-16-36-17-15-29/h4-11,22H,12-19H2,1-3H3/t22-/m0/s1. The fraction of sp³-hybridized carbons (Fsp3) is 0.464. The number of hydrogen-bond donors (Lipinski definition) is 0. The molecule has 0 unspecified atom stereocenters. The van der Waals surface area contributed by atoms with Crippen molar-refractivity contribution >= 4 is 23.7 Å². The van der Waals surface area contributed by atoms with Crippen LogP contribution in [0, 0.1) is 0 Å². The second kappa shape index (κ2) is 10.5. The number of ether oxygens (including phenoxy) is 3. The molecule has 1 atom stereocenters. The zero-order valence-electron chi connectivity index (χ0n) is 22.1. The van der Waals surface area contributed by atoms with Crippen LogP contribution in [0.25, 0.3) is 0 Å². The van der Waals surface area contributed by atoms with Crippen LogP contribution >= 0.6 is 0 Å². The highest BCUT2D eigenvalue weighted by molar-refractivity contribution is 5.95. The van der Waals surface area contributed by atoms with Crippen molar-refractivity contribution in [3.05, 3.63) is 54.1 Å². The molecule has 0 N–H and O–H groups in total. The minimum atomic E-state index is -0.558. The van der Waals surface area contributed by atoms with E-state index in [9.17, 15) is 14.4 Å². The Morgan fingerprint density at radius 3 is 2.11 bits per heavy atom. The molecule has 0 bridgehead atoms. The van der Waals surface area contributed by atoms with Crippen molar-refractivity contribution in [1.29, 1.82) is 0 Å². The summed E-state index contributed by atoms with van der Waals surface area (Å²) in [7, 11) is 0. The Hall–Kier alpha value is -3.79. The highest BCUT2D eigenvalue weighted by Gasteiger charge is 2.42. The van der Waals surface area contributed by atoms with Gasteiger partial charge in [0.1, 0.15) is 17.1 Å². The number of anilines is 1. The summed E-state index contributed by atoms with van der Waals surface area (Å²) in [6, 6.07) is 14.3. The van der Waals surface area contributed by atoms with Gasteiger partial charge in [-0.1, -0.05) is 0 Å². The van der Waals surface area contributed by atoms with Crippen molar-refractivity contribution in [3.63, 3.8) is 0 Å². The summed E-state index contributed by atoms with van der Waals surface area (Å²) in [4.78, 5) is 45.2. The average Bonchev–Trinajstić information content (AvgIpc) is 3.24. The first kappa shape index (κ1) is 25.8. The summed E-state index contributed by atoms with van der Waals surface area (Å²) >= 11 is 0. The molecule has 202 valence electrons. The van der Waals surface area contributed by atoms with E-state index < -0.39 is 5.60 Å². The molecule has 38 heavy (non-hydrogen) atoms. The van der Waals surface area contributed by atoms with E-state index in [1.807, 2.05) is 49.9 Å². The lowest BCUT2D eigenvalue weighted by Crippen LogP contribution is -2.54. The van der Waals surface area contributed by atoms with Crippen LogP contribution < -0.4 is 9.64 Å². The van der Waals surface area contributed by atoms with E-state index in [4.69, 9.17) is 14.2 Å². The Morgan fingerprint density at radius 2 is 1.47 bits per heavy atom. The van der Waals surface area contributed by atoms with E-state index in [1.165, 1.54) is 0 Å². The summed E-state index contributed by atoms with van der Waals surface area (Å²) in [5, 5.41) is 0. The summed E-state index contributed by atoms with van der Waals surface area (Å²) in [5.41, 5.74) is 0.827. The fourth-order valence-corrected chi connectivity index (χ4v) is 4.86. The van der Waals surface area contributed by atoms with Crippen molar-refractivity contribution in [3.8, 4) is 11.5 Å². The molecule has 3 heterocycles. The van der Waals surface area contributed by atoms with Crippen LogP contribution in [0.2, 0.25) is 0 Å². The van der Waals surface area contributed by atoms with Crippen molar-refractivity contribution in [2.45, 2.75) is 32.4 Å². The van der Waals surface area contributed by atoms with Crippen LogP contribution in [0.5, 0.6) is 11.5 Å². The Labute approximate surface area is 222 Å². The number of amides is 4. The van der Waals surface area contributed by atoms with Gasteiger partial charge in [0.15, 0.2) is 0 Å². The van der Waals surface area contributed by atoms with E-state index in [-0.39, 0.29) is 24.1 Å². The third kappa shape index (κ3) is 5.70. The Kier molecular flexibility index (Phi) is 7.16. The van der Waals surface area contributed by atoms with Gasteiger partial charge in [0, 0.05) is 50.5 Å². The summed E-state index contributed by atoms with van der Waals surface area (Å²) in [5.74, 6) is 1.24. The minimum Gasteiger partial charge on any atom is -0.457 e. The van der Waals surface area contributed by atoms with Crippen LogP contribution in [-0.4, -0.2) is 96.9 Å². The van der Waals surface area contributed by atoms with E-state index in [2.05, 4.69) is 0 Å². The Morgan fingerprint density at radius 1 is 0.842 bits per heavy atom. The van der Waals surface area contributed by atoms with Crippen molar-refractivity contribution in [2.24, 2.45) is 0 Å². The number of morpholine rings is 1. The number of carbonyl (C=O) groups is 3. The number of urea groups is 1. The second-order valence-corrected chi connectivity index (χ2v) is 10.7. The molecular weight excluding hydrogens is 488 g/mol. The number of fused-ring (bicyclic) bond motifs is 1. The first-order chi connectivity index (χ1) is 18.2. The van der Waals surface area contributed by atoms with Gasteiger partial charge in [0.05, 0.1) is 19.3 Å². The zero-order valence-corrected chi connectivity index (χ0v) is 22.1. The van der Waals surface area contributed by atoms with E-state index in [0.717, 1.165) is 5.69 Å². The normalized spacial score (nSPS) is 19.9. The smallest absolute Gasteiger partial charge is 0.410 e. The van der Waals surface area contributed by atoms with Crippen LogP contribution in [-0.2, 0) is 9.47 Å². The number of rotatable bonds is 4. The molecule has 3 saturated heterocycles. The van der Waals surface area contributed by atoms with Gasteiger partial charge in [0.2, 0.25) is 0 Å². The SMILES string of the molecule is CC(C)(C)OC(=O)N1CCN2C(=O)N(c3ccc(Oc4ccc(C(=O)N5CCOCC5)cc4)cc3)C[C@@H]2C1. The van der Waals surface area contributed by atoms with Gasteiger partial charge < -0.3 is 28.9 Å². The molecule has 3 aliphatic rings. The lowest BCUT2D eigenvalue weighted by molar-refractivity contribution is 0.0128. The van der Waals surface area contributed by atoms with Crippen LogP contribution in [0.3, 0.4) is 0 Å². The molecule has 0 saturated carbocycles. The molecule has 3 aliphatic heterocycles. The summed E-state index contributed by atoms with van der Waals surface area (Å²) in [6.45, 7) is 9.74. The molecule has 5 rings (SSSR count). The van der Waals surface area contributed by atoms with Gasteiger partial charge in [-0.25, -0.2) is 9.59 Å². The zero-order chi connectivity index (χ0) is 26.9. The molecule has 3 fully saturated rings. The van der Waals surface area contributed by atoms with Gasteiger partial charge in [0.25, 0.3) is 5.91 Å². The minimum absolute atomic E-state index is 0.00925. The van der Waals surface area contributed by atoms with E-state index >= 15 is 0 Å². The quantitative estimate of drug-likeness (QED) is 0.607. The fourth-order valence-electron chi connectivity index (χ4n) is 4.86. The average molecular weight is 523 g/mol. The molecule has 0 aromatic heterocycles. The molecule has 4 amide bonds. The monoisotopic (exact) mass is 522 g/mol. The lowest BCUT2D eigenvalue weighted by Gasteiger charge is -2.36. The maximum atomic E-state index is 13.1. The summed E-state index contributed by atoms with van der Waals surface area (Å²) < 4.78 is 16.8. The highest BCUT2D eigenvalue weighted by atomic mass is 16.6. The molecule has 0 spiro atoms. The first-order valence-electron chi connectivity index (χ1n) is 13.0. The lowest BCUT2D eigenvalue weighted by atomic mass is 10.2. The number of nitrogens with zero attached hydrogens (tertiary/aromatic N) is 4. The Balaban J connectivity index is 1.18. The van der Waals surface area contributed by atoms with E-state index in [0.29, 0.717) is 69.5 Å². The van der Waals surface area contributed by atoms with Gasteiger partial charge >= 0.3 is 12.1 Å². The molecular formula is C28H34N4O6. The number of hydrogen-bond acceptors (Lipinski definition) is 6. The van der Waals surface area contributed by atoms with Crippen molar-refractivity contribution in [1.82, 2.24) is 14.7 Å². The number of piperazine rings is 1. The van der Waals surface area contributed by atoms with Crippen LogP contribution in [0.1, 0.15) is 31.1 Å². The molecule has 2 aromatic rings. The molecule has 0 aliphatic carbocycles. The third-order valence-corrected chi connectivity index (χ3v) is 6.79. The van der Waals surface area contributed by atoms with Crippen molar-refractivity contribution in [2.75, 3.05) is 57.4 Å². The molecule has 10 nitrogen and oxygen atoms in total. The van der Waals surface area contributed by atoms with Crippen LogP contribution in [0.4, 0.5) is 15.3 Å². The molecule has 0 radical (unpaired) electrons. The van der Waals surface area contributed by atoms with E-state index in [1.54, 1.807) is 39.0 Å². The first-order valence-corrected chi connectivity index (χ1v) is 13.0. The largest absolute Gasteiger partial charge is 0.457 e. The van der Waals surface area contributed by atoms with Gasteiger partial charge in [-0.2, -0.15) is 0 Å². The summed E-state index contributed by atoms with van der Waals surface area (Å²) in [6.07, 6.45) is -0.344. The number of benzene rings is 2. The third-order valence-electron chi connectivity index (χ3n) is 6.79. The predicted octanol–water partition coefficient (Wildman–Crippen LogP) is 3.81. The highest BCUT2D eigenvalue weighted by Crippen LogP contribution is 2.30. The topological polar surface area (TPSA) is 91.9 Å². The number of carbonyl (C=O) groups excluding carboxylic acids is 3. The predicted molar refractivity (Wildman–Crippen MR) is 141 cm³/mol. The Bertz CT molecular complexity index is 1170. The maximum Gasteiger partial charge on any atom is 0.410 e. The second-order valence-electron chi connectivity index (χ2n) is 10.7. The molecule has 10 heteroatoms. The van der Waals surface area contributed by atoms with Gasteiger partial charge in [-0.05, 0) is 69.3 Å². The van der Waals surface area contributed by atoms with Gasteiger partial charge in [-0.15, -0.1) is 0 Å².